The molecule has 0 aromatic carbocycles. The Kier molecular flexibility index (Phi) is 14.5. The third-order valence-electron chi connectivity index (χ3n) is 1.80. The molecule has 0 saturated carbocycles. The maximum Gasteiger partial charge on any atom is 1.00 e. The summed E-state index contributed by atoms with van der Waals surface area (Å²) in [6.07, 6.45) is 7.61. The summed E-state index contributed by atoms with van der Waals surface area (Å²) in [6, 6.07) is 0. The summed E-state index contributed by atoms with van der Waals surface area (Å²) in [7, 11) is -3.67. The Bertz CT molecular complexity index is 212. The fourth-order valence-electron chi connectivity index (χ4n) is 1.18. The molecule has 86 valence electrons. The number of ether oxygens (including phenoxy) is 1. The molecule has 2 nitrogen and oxygen atoms in total. The molecule has 1 aliphatic rings. The standard InChI is InChI=1S/C9H13O2.BF3.K/c1-2-11-9(10)8-6-4-3-5-7-8;2-1(3)4;/h4,8H,2,5-7H2,1H3;;/q-1;;+1. The number of allylic oxidation sites excluding steroid dienone is 2. The predicted molar refractivity (Wildman–Crippen MR) is 50.9 cm³/mol. The Hall–Kier alpha value is 0.701. The van der Waals surface area contributed by atoms with Gasteiger partial charge in [-0.15, -0.1) is 0 Å². The van der Waals surface area contributed by atoms with Gasteiger partial charge in [-0.2, -0.15) is 6.42 Å². The number of carbonyl (C=O) groups is 1. The number of halogens is 3. The molecule has 0 fully saturated rings. The van der Waals surface area contributed by atoms with E-state index in [-0.39, 0.29) is 63.3 Å². The Morgan fingerprint density at radius 3 is 2.50 bits per heavy atom. The van der Waals surface area contributed by atoms with Crippen LogP contribution in [0.2, 0.25) is 0 Å². The Morgan fingerprint density at radius 2 is 2.12 bits per heavy atom. The van der Waals surface area contributed by atoms with Crippen LogP contribution in [0, 0.1) is 12.0 Å². The summed E-state index contributed by atoms with van der Waals surface area (Å²) in [5.74, 6) is 0.0430. The molecular weight excluding hydrogens is 247 g/mol. The summed E-state index contributed by atoms with van der Waals surface area (Å²) in [5, 5.41) is 0. The van der Waals surface area contributed by atoms with Crippen LogP contribution in [0.5, 0.6) is 0 Å². The third kappa shape index (κ3) is 11.2. The minimum atomic E-state index is -3.67. The van der Waals surface area contributed by atoms with Crippen LogP contribution in [0.3, 0.4) is 0 Å². The molecule has 16 heavy (non-hydrogen) atoms. The molecule has 0 amide bonds. The van der Waals surface area contributed by atoms with Crippen LogP contribution in [0.15, 0.2) is 6.08 Å². The van der Waals surface area contributed by atoms with Crippen LogP contribution in [0.25, 0.3) is 0 Å². The number of hydrogen-bond donors (Lipinski definition) is 0. The molecule has 7 heteroatoms. The van der Waals surface area contributed by atoms with E-state index in [1.54, 1.807) is 0 Å². The molecule has 1 unspecified atom stereocenters. The van der Waals surface area contributed by atoms with Gasteiger partial charge in [0.15, 0.2) is 0 Å². The van der Waals surface area contributed by atoms with Gasteiger partial charge >= 0.3 is 64.9 Å². The first-order valence-corrected chi connectivity index (χ1v) is 4.71. The molecule has 0 aromatic heterocycles. The summed E-state index contributed by atoms with van der Waals surface area (Å²) < 4.78 is 33.9. The first-order valence-electron chi connectivity index (χ1n) is 4.71. The quantitative estimate of drug-likeness (QED) is 0.383. The first kappa shape index (κ1) is 19.1. The molecule has 0 saturated heterocycles. The molecule has 0 N–H and O–H groups in total. The zero-order valence-corrected chi connectivity index (χ0v) is 12.6. The largest absolute Gasteiger partial charge is 1.00 e. The topological polar surface area (TPSA) is 26.3 Å². The van der Waals surface area contributed by atoms with Crippen molar-refractivity contribution in [3.63, 3.8) is 0 Å². The van der Waals surface area contributed by atoms with Crippen molar-refractivity contribution >= 4 is 13.5 Å². The minimum Gasteiger partial charge on any atom is -0.501 e. The number of carbonyl (C=O) groups excluding carboxylic acids is 1. The molecule has 1 aliphatic carbocycles. The van der Waals surface area contributed by atoms with E-state index in [0.717, 1.165) is 19.3 Å². The van der Waals surface area contributed by atoms with Gasteiger partial charge in [-0.1, -0.05) is 12.8 Å². The number of hydrogen-bond acceptors (Lipinski definition) is 2. The molecule has 0 aliphatic heterocycles. The second-order valence-electron chi connectivity index (χ2n) is 2.88. The molecule has 0 heterocycles. The van der Waals surface area contributed by atoms with Crippen molar-refractivity contribution in [1.29, 1.82) is 0 Å². The molecule has 1 atom stereocenters. The second-order valence-corrected chi connectivity index (χ2v) is 2.88. The Balaban J connectivity index is 0. The van der Waals surface area contributed by atoms with E-state index in [1.165, 1.54) is 0 Å². The first-order chi connectivity index (χ1) is 7.07. The normalized spacial score (nSPS) is 17.6. The van der Waals surface area contributed by atoms with Gasteiger partial charge in [0.2, 0.25) is 0 Å². The monoisotopic (exact) mass is 260 g/mol. The number of esters is 1. The predicted octanol–water partition coefficient (Wildman–Crippen LogP) is -0.407. The van der Waals surface area contributed by atoms with Crippen LogP contribution in [-0.2, 0) is 9.53 Å². The van der Waals surface area contributed by atoms with Gasteiger partial charge in [0.05, 0.1) is 12.5 Å². The van der Waals surface area contributed by atoms with Crippen LogP contribution < -0.4 is 51.4 Å². The van der Waals surface area contributed by atoms with Crippen molar-refractivity contribution in [3.05, 3.63) is 12.2 Å². The van der Waals surface area contributed by atoms with Crippen LogP contribution >= 0.6 is 0 Å². The van der Waals surface area contributed by atoms with E-state index in [4.69, 9.17) is 4.74 Å². The van der Waals surface area contributed by atoms with Crippen molar-refractivity contribution < 1.29 is 73.9 Å². The van der Waals surface area contributed by atoms with Crippen LogP contribution in [0.1, 0.15) is 26.2 Å². The van der Waals surface area contributed by atoms with E-state index < -0.39 is 7.54 Å². The fourth-order valence-corrected chi connectivity index (χ4v) is 1.18. The van der Waals surface area contributed by atoms with E-state index in [9.17, 15) is 17.7 Å². The molecule has 1 rings (SSSR count). The second kappa shape index (κ2) is 12.2. The summed E-state index contributed by atoms with van der Waals surface area (Å²) in [4.78, 5) is 11.1. The van der Waals surface area contributed by atoms with Gasteiger partial charge in [0, 0.05) is 0 Å². The average Bonchev–Trinajstić information content (AvgIpc) is 2.19. The minimum absolute atomic E-state index is 0. The molecule has 0 radical (unpaired) electrons. The number of rotatable bonds is 2. The molecule has 0 spiro atoms. The van der Waals surface area contributed by atoms with Gasteiger partial charge in [-0.25, -0.2) is 0 Å². The summed E-state index contributed by atoms with van der Waals surface area (Å²) in [5.41, 5.74) is 0. The summed E-state index contributed by atoms with van der Waals surface area (Å²) >= 11 is 0. The Labute approximate surface area is 137 Å². The van der Waals surface area contributed by atoms with Crippen molar-refractivity contribution in [2.24, 2.45) is 5.92 Å². The Morgan fingerprint density at radius 1 is 1.56 bits per heavy atom. The third-order valence-corrected chi connectivity index (χ3v) is 1.80. The zero-order valence-electron chi connectivity index (χ0n) is 9.51. The van der Waals surface area contributed by atoms with Crippen molar-refractivity contribution in [1.82, 2.24) is 0 Å². The maximum atomic E-state index is 11.1. The fraction of sp³-hybridized carbons (Fsp3) is 0.667. The van der Waals surface area contributed by atoms with Crippen molar-refractivity contribution in [3.8, 4) is 0 Å². The van der Waals surface area contributed by atoms with Gasteiger partial charge in [0.25, 0.3) is 0 Å². The van der Waals surface area contributed by atoms with Crippen molar-refractivity contribution in [2.45, 2.75) is 26.2 Å². The van der Waals surface area contributed by atoms with Gasteiger partial charge in [-0.05, 0) is 6.92 Å². The smallest absolute Gasteiger partial charge is 0.501 e. The van der Waals surface area contributed by atoms with Crippen molar-refractivity contribution in [2.75, 3.05) is 6.61 Å². The van der Waals surface area contributed by atoms with Gasteiger partial charge in [0.1, 0.15) is 0 Å². The van der Waals surface area contributed by atoms with E-state index in [2.05, 4.69) is 6.08 Å². The zero-order chi connectivity index (χ0) is 11.7. The molecular formula is C9H13BF3KO2. The molecule has 0 bridgehead atoms. The molecule has 0 aromatic rings. The summed E-state index contributed by atoms with van der Waals surface area (Å²) in [6.45, 7) is 2.32. The van der Waals surface area contributed by atoms with Crippen LogP contribution in [0.4, 0.5) is 12.9 Å². The van der Waals surface area contributed by atoms with E-state index in [0.29, 0.717) is 6.61 Å². The van der Waals surface area contributed by atoms with Gasteiger partial charge in [-0.3, -0.25) is 23.8 Å². The van der Waals surface area contributed by atoms with Crippen LogP contribution in [-0.4, -0.2) is 20.1 Å². The van der Waals surface area contributed by atoms with Gasteiger partial charge < -0.3 is 10.8 Å². The maximum absolute atomic E-state index is 11.1. The van der Waals surface area contributed by atoms with E-state index in [1.807, 2.05) is 13.0 Å². The average molecular weight is 260 g/mol. The SMILES string of the molecule is CCOC(=O)C1CC=[C-]CC1.FB(F)F.[K+]. The van der Waals surface area contributed by atoms with E-state index >= 15 is 0 Å².